The van der Waals surface area contributed by atoms with E-state index in [0.717, 1.165) is 42.9 Å². The summed E-state index contributed by atoms with van der Waals surface area (Å²) >= 11 is 3.41. The Kier molecular flexibility index (Phi) is 4.83. The third-order valence-electron chi connectivity index (χ3n) is 3.03. The number of nitrogens with two attached hydrogens (primary N) is 1. The Labute approximate surface area is 111 Å². The molecule has 0 amide bonds. The van der Waals surface area contributed by atoms with E-state index in [1.165, 1.54) is 6.42 Å². The lowest BCUT2D eigenvalue weighted by Gasteiger charge is -2.30. The van der Waals surface area contributed by atoms with Gasteiger partial charge >= 0.3 is 0 Å². The Morgan fingerprint density at radius 2 is 2.12 bits per heavy atom. The van der Waals surface area contributed by atoms with Crippen LogP contribution in [0.4, 0.5) is 0 Å². The maximum absolute atomic E-state index is 5.94. The Hall–Kier alpha value is -0.580. The fourth-order valence-electron chi connectivity index (χ4n) is 2.12. The first-order valence-corrected chi connectivity index (χ1v) is 6.89. The van der Waals surface area contributed by atoms with Gasteiger partial charge in [-0.2, -0.15) is 0 Å². The Balaban J connectivity index is 1.70. The molecule has 94 valence electrons. The molecule has 0 aromatic heterocycles. The molecule has 0 unspecified atom stereocenters. The van der Waals surface area contributed by atoms with E-state index in [1.807, 2.05) is 24.3 Å². The molecule has 1 atom stereocenters. The van der Waals surface area contributed by atoms with Crippen LogP contribution in [0.5, 0.6) is 5.75 Å². The smallest absolute Gasteiger partial charge is 0.119 e. The summed E-state index contributed by atoms with van der Waals surface area (Å²) in [7, 11) is 0. The second kappa shape index (κ2) is 6.38. The normalized spacial score (nSPS) is 21.4. The molecule has 0 spiro atoms. The number of hydrogen-bond acceptors (Lipinski definition) is 3. The number of hydrogen-bond donors (Lipinski definition) is 1. The lowest BCUT2D eigenvalue weighted by Crippen LogP contribution is -2.44. The van der Waals surface area contributed by atoms with E-state index in [0.29, 0.717) is 6.04 Å². The van der Waals surface area contributed by atoms with Gasteiger partial charge in [-0.1, -0.05) is 15.9 Å². The van der Waals surface area contributed by atoms with Gasteiger partial charge in [0.15, 0.2) is 0 Å². The predicted molar refractivity (Wildman–Crippen MR) is 73.3 cm³/mol. The highest BCUT2D eigenvalue weighted by Crippen LogP contribution is 2.16. The van der Waals surface area contributed by atoms with Crippen molar-refractivity contribution in [3.8, 4) is 5.75 Å². The van der Waals surface area contributed by atoms with Gasteiger partial charge in [0.05, 0.1) is 0 Å². The van der Waals surface area contributed by atoms with Crippen LogP contribution in [-0.2, 0) is 0 Å². The van der Waals surface area contributed by atoms with E-state index >= 15 is 0 Å². The number of ether oxygens (including phenoxy) is 1. The van der Waals surface area contributed by atoms with Crippen LogP contribution in [0.1, 0.15) is 12.8 Å². The summed E-state index contributed by atoms with van der Waals surface area (Å²) in [5.41, 5.74) is 5.94. The lowest BCUT2D eigenvalue weighted by molar-refractivity contribution is 0.171. The van der Waals surface area contributed by atoms with Gasteiger partial charge in [0.2, 0.25) is 0 Å². The van der Waals surface area contributed by atoms with Crippen molar-refractivity contribution in [2.24, 2.45) is 5.73 Å². The average molecular weight is 299 g/mol. The van der Waals surface area contributed by atoms with E-state index in [-0.39, 0.29) is 0 Å². The fourth-order valence-corrected chi connectivity index (χ4v) is 2.38. The van der Waals surface area contributed by atoms with Crippen LogP contribution in [0, 0.1) is 0 Å². The largest absolute Gasteiger partial charge is 0.492 e. The summed E-state index contributed by atoms with van der Waals surface area (Å²) in [5, 5.41) is 0. The van der Waals surface area contributed by atoms with Gasteiger partial charge < -0.3 is 10.5 Å². The second-order valence-corrected chi connectivity index (χ2v) is 5.42. The van der Waals surface area contributed by atoms with Gasteiger partial charge in [0.25, 0.3) is 0 Å². The highest BCUT2D eigenvalue weighted by Gasteiger charge is 2.15. The third kappa shape index (κ3) is 4.30. The molecule has 1 aliphatic heterocycles. The molecule has 0 aliphatic carbocycles. The SMILES string of the molecule is N[C@@H]1CCCN(CCOc2ccc(Br)cc2)C1. The van der Waals surface area contributed by atoms with Crippen molar-refractivity contribution in [2.75, 3.05) is 26.2 Å². The summed E-state index contributed by atoms with van der Waals surface area (Å²) in [5.74, 6) is 0.925. The van der Waals surface area contributed by atoms with Crippen LogP contribution in [0.25, 0.3) is 0 Å². The minimum Gasteiger partial charge on any atom is -0.492 e. The Bertz CT molecular complexity index is 342. The van der Waals surface area contributed by atoms with Crippen LogP contribution in [0.15, 0.2) is 28.7 Å². The van der Waals surface area contributed by atoms with E-state index in [1.54, 1.807) is 0 Å². The second-order valence-electron chi connectivity index (χ2n) is 4.51. The van der Waals surface area contributed by atoms with E-state index in [4.69, 9.17) is 10.5 Å². The number of nitrogens with zero attached hydrogens (tertiary/aromatic N) is 1. The highest BCUT2D eigenvalue weighted by molar-refractivity contribution is 9.10. The molecular weight excluding hydrogens is 280 g/mol. The molecule has 1 aromatic rings. The average Bonchev–Trinajstić information content (AvgIpc) is 2.32. The summed E-state index contributed by atoms with van der Waals surface area (Å²) in [6.07, 6.45) is 2.36. The maximum Gasteiger partial charge on any atom is 0.119 e. The Morgan fingerprint density at radius 3 is 2.82 bits per heavy atom. The number of benzene rings is 1. The first-order chi connectivity index (χ1) is 8.24. The molecule has 17 heavy (non-hydrogen) atoms. The van der Waals surface area contributed by atoms with Crippen LogP contribution in [0.3, 0.4) is 0 Å². The fraction of sp³-hybridized carbons (Fsp3) is 0.538. The quantitative estimate of drug-likeness (QED) is 0.927. The van der Waals surface area contributed by atoms with Gasteiger partial charge in [-0.05, 0) is 43.7 Å². The molecule has 0 bridgehead atoms. The molecule has 1 fully saturated rings. The van der Waals surface area contributed by atoms with Gasteiger partial charge in [0, 0.05) is 23.6 Å². The zero-order chi connectivity index (χ0) is 12.1. The maximum atomic E-state index is 5.94. The molecule has 2 N–H and O–H groups in total. The van der Waals surface area contributed by atoms with Gasteiger partial charge in [-0.3, -0.25) is 4.90 Å². The minimum atomic E-state index is 0.344. The number of likely N-dealkylation sites (tertiary alicyclic amines) is 1. The van der Waals surface area contributed by atoms with Crippen molar-refractivity contribution < 1.29 is 4.74 Å². The standard InChI is InChI=1S/C13H19BrN2O/c14-11-3-5-13(6-4-11)17-9-8-16-7-1-2-12(15)10-16/h3-6,12H,1-2,7-10,15H2/t12-/m1/s1. The van der Waals surface area contributed by atoms with Crippen LogP contribution in [0.2, 0.25) is 0 Å². The summed E-state index contributed by atoms with van der Waals surface area (Å²) in [6, 6.07) is 8.28. The van der Waals surface area contributed by atoms with Gasteiger partial charge in [-0.15, -0.1) is 0 Å². The van der Waals surface area contributed by atoms with Crippen molar-refractivity contribution in [3.05, 3.63) is 28.7 Å². The topological polar surface area (TPSA) is 38.5 Å². The van der Waals surface area contributed by atoms with Crippen molar-refractivity contribution in [2.45, 2.75) is 18.9 Å². The Morgan fingerprint density at radius 1 is 1.35 bits per heavy atom. The summed E-state index contributed by atoms with van der Waals surface area (Å²) < 4.78 is 6.77. The van der Waals surface area contributed by atoms with Crippen molar-refractivity contribution in [1.29, 1.82) is 0 Å². The van der Waals surface area contributed by atoms with Gasteiger partial charge in [0.1, 0.15) is 12.4 Å². The lowest BCUT2D eigenvalue weighted by atomic mass is 10.1. The molecule has 1 aliphatic rings. The van der Waals surface area contributed by atoms with Crippen molar-refractivity contribution in [3.63, 3.8) is 0 Å². The van der Waals surface area contributed by atoms with E-state index in [2.05, 4.69) is 20.8 Å². The number of rotatable bonds is 4. The molecule has 0 saturated carbocycles. The zero-order valence-corrected chi connectivity index (χ0v) is 11.5. The highest BCUT2D eigenvalue weighted by atomic mass is 79.9. The van der Waals surface area contributed by atoms with Crippen LogP contribution < -0.4 is 10.5 Å². The molecule has 3 nitrogen and oxygen atoms in total. The third-order valence-corrected chi connectivity index (χ3v) is 3.56. The first kappa shape index (κ1) is 12.9. The van der Waals surface area contributed by atoms with Crippen molar-refractivity contribution >= 4 is 15.9 Å². The summed E-state index contributed by atoms with van der Waals surface area (Å²) in [4.78, 5) is 2.38. The molecule has 4 heteroatoms. The molecule has 1 saturated heterocycles. The van der Waals surface area contributed by atoms with Crippen molar-refractivity contribution in [1.82, 2.24) is 4.90 Å². The van der Waals surface area contributed by atoms with E-state index < -0.39 is 0 Å². The number of piperidine rings is 1. The molecular formula is C13H19BrN2O. The number of halogens is 1. The molecule has 0 radical (unpaired) electrons. The monoisotopic (exact) mass is 298 g/mol. The predicted octanol–water partition coefficient (Wildman–Crippen LogP) is 2.25. The molecule has 2 rings (SSSR count). The molecule has 1 aromatic carbocycles. The van der Waals surface area contributed by atoms with Crippen LogP contribution >= 0.6 is 15.9 Å². The minimum absolute atomic E-state index is 0.344. The van der Waals surface area contributed by atoms with Crippen LogP contribution in [-0.4, -0.2) is 37.2 Å². The first-order valence-electron chi connectivity index (χ1n) is 6.10. The van der Waals surface area contributed by atoms with E-state index in [9.17, 15) is 0 Å². The van der Waals surface area contributed by atoms with Gasteiger partial charge in [-0.25, -0.2) is 0 Å². The summed E-state index contributed by atoms with van der Waals surface area (Å²) in [6.45, 7) is 3.85. The zero-order valence-electron chi connectivity index (χ0n) is 9.94. The molecule has 1 heterocycles.